The van der Waals surface area contributed by atoms with Crippen molar-refractivity contribution in [3.8, 4) is 5.75 Å². The summed E-state index contributed by atoms with van der Waals surface area (Å²) in [7, 11) is 1.57. The summed E-state index contributed by atoms with van der Waals surface area (Å²) in [5.74, 6) is -0.0371. The first-order valence-electron chi connectivity index (χ1n) is 5.72. The van der Waals surface area contributed by atoms with Gasteiger partial charge >= 0.3 is 0 Å². The van der Waals surface area contributed by atoms with E-state index < -0.39 is 0 Å². The van der Waals surface area contributed by atoms with Crippen molar-refractivity contribution in [1.29, 1.82) is 0 Å². The van der Waals surface area contributed by atoms with Crippen molar-refractivity contribution in [2.24, 2.45) is 10.2 Å². The first-order valence-corrected chi connectivity index (χ1v) is 5.72. The summed E-state index contributed by atoms with van der Waals surface area (Å²) in [6.45, 7) is 0. The lowest BCUT2D eigenvalue weighted by atomic mass is 10.2. The molecule has 1 amide bonds. The highest BCUT2D eigenvalue weighted by Crippen LogP contribution is 2.23. The average molecular weight is 255 g/mol. The normalized spacial score (nSPS) is 10.6. The van der Waals surface area contributed by atoms with Gasteiger partial charge in [0.05, 0.1) is 16.9 Å². The van der Waals surface area contributed by atoms with E-state index in [9.17, 15) is 4.79 Å². The smallest absolute Gasteiger partial charge is 0.253 e. The van der Waals surface area contributed by atoms with E-state index in [1.165, 1.54) is 12.1 Å². The van der Waals surface area contributed by atoms with Gasteiger partial charge in [0, 0.05) is 7.05 Å². The molecule has 0 spiro atoms. The van der Waals surface area contributed by atoms with Crippen LogP contribution in [0.15, 0.2) is 58.8 Å². The average Bonchev–Trinajstić information content (AvgIpc) is 2.46. The van der Waals surface area contributed by atoms with Gasteiger partial charge in [-0.05, 0) is 36.4 Å². The summed E-state index contributed by atoms with van der Waals surface area (Å²) in [6.07, 6.45) is 0. The predicted molar refractivity (Wildman–Crippen MR) is 72.1 cm³/mol. The Balaban J connectivity index is 2.28. The van der Waals surface area contributed by atoms with E-state index in [-0.39, 0.29) is 11.7 Å². The van der Waals surface area contributed by atoms with E-state index in [0.29, 0.717) is 16.9 Å². The quantitative estimate of drug-likeness (QED) is 0.826. The number of hydrogen-bond acceptors (Lipinski definition) is 4. The summed E-state index contributed by atoms with van der Waals surface area (Å²) in [5.41, 5.74) is 1.56. The number of phenols is 1. The van der Waals surface area contributed by atoms with E-state index in [2.05, 4.69) is 15.5 Å². The standard InChI is InChI=1S/C14H13N3O2/c1-15-14(19)12-4-2-3-5-13(12)17-16-10-6-8-11(18)9-7-10/h2-9,18H,1H3,(H,15,19)/b17-16+. The van der Waals surface area contributed by atoms with E-state index in [1.807, 2.05) is 0 Å². The van der Waals surface area contributed by atoms with Crippen LogP contribution >= 0.6 is 0 Å². The molecule has 0 aromatic heterocycles. The maximum Gasteiger partial charge on any atom is 0.253 e. The summed E-state index contributed by atoms with van der Waals surface area (Å²) < 4.78 is 0. The van der Waals surface area contributed by atoms with Gasteiger partial charge in [0.25, 0.3) is 5.91 Å². The number of benzene rings is 2. The first-order chi connectivity index (χ1) is 9.20. The Morgan fingerprint density at radius 1 is 1.05 bits per heavy atom. The molecule has 0 atom stereocenters. The van der Waals surface area contributed by atoms with Crippen molar-refractivity contribution < 1.29 is 9.90 Å². The molecule has 2 N–H and O–H groups in total. The van der Waals surface area contributed by atoms with Crippen LogP contribution in [-0.4, -0.2) is 18.1 Å². The van der Waals surface area contributed by atoms with Gasteiger partial charge in [-0.25, -0.2) is 0 Å². The van der Waals surface area contributed by atoms with Crippen LogP contribution < -0.4 is 5.32 Å². The molecule has 0 saturated heterocycles. The van der Waals surface area contributed by atoms with Crippen molar-refractivity contribution in [1.82, 2.24) is 5.32 Å². The van der Waals surface area contributed by atoms with E-state index in [4.69, 9.17) is 5.11 Å². The minimum atomic E-state index is -0.208. The van der Waals surface area contributed by atoms with Gasteiger partial charge in [-0.3, -0.25) is 4.79 Å². The molecule has 5 heteroatoms. The Hall–Kier alpha value is -2.69. The third kappa shape index (κ3) is 3.16. The van der Waals surface area contributed by atoms with Crippen LogP contribution in [0, 0.1) is 0 Å². The lowest BCUT2D eigenvalue weighted by Gasteiger charge is -2.02. The number of rotatable bonds is 3. The van der Waals surface area contributed by atoms with E-state index >= 15 is 0 Å². The maximum atomic E-state index is 11.6. The van der Waals surface area contributed by atoms with Crippen molar-refractivity contribution in [2.45, 2.75) is 0 Å². The van der Waals surface area contributed by atoms with Crippen LogP contribution in [0.2, 0.25) is 0 Å². The lowest BCUT2D eigenvalue weighted by molar-refractivity contribution is 0.0963. The van der Waals surface area contributed by atoms with Crippen LogP contribution in [0.25, 0.3) is 0 Å². The molecule has 2 aromatic rings. The van der Waals surface area contributed by atoms with Gasteiger partial charge in [-0.1, -0.05) is 12.1 Å². The molecule has 0 bridgehead atoms. The van der Waals surface area contributed by atoms with Crippen LogP contribution in [0.4, 0.5) is 11.4 Å². The molecule has 0 heterocycles. The number of nitrogens with one attached hydrogen (secondary N) is 1. The highest BCUT2D eigenvalue weighted by molar-refractivity contribution is 5.98. The number of carbonyl (C=O) groups excluding carboxylic acids is 1. The Kier molecular flexibility index (Phi) is 3.87. The summed E-state index contributed by atoms with van der Waals surface area (Å²) in [5, 5.41) is 19.8. The number of carbonyl (C=O) groups is 1. The molecule has 96 valence electrons. The van der Waals surface area contributed by atoms with Crippen LogP contribution in [0.5, 0.6) is 5.75 Å². The first kappa shape index (κ1) is 12.8. The number of aromatic hydroxyl groups is 1. The molecule has 0 unspecified atom stereocenters. The van der Waals surface area contributed by atoms with Crippen LogP contribution in [-0.2, 0) is 0 Å². The molecular weight excluding hydrogens is 242 g/mol. The van der Waals surface area contributed by atoms with Gasteiger partial charge in [-0.15, -0.1) is 5.11 Å². The number of amides is 1. The maximum absolute atomic E-state index is 11.6. The Morgan fingerprint density at radius 2 is 1.74 bits per heavy atom. The Bertz CT molecular complexity index is 606. The highest BCUT2D eigenvalue weighted by Gasteiger charge is 2.08. The minimum Gasteiger partial charge on any atom is -0.508 e. The molecule has 0 aliphatic carbocycles. The second-order valence-corrected chi connectivity index (χ2v) is 3.81. The molecule has 2 rings (SSSR count). The van der Waals surface area contributed by atoms with E-state index in [0.717, 1.165) is 0 Å². The minimum absolute atomic E-state index is 0.171. The van der Waals surface area contributed by atoms with Crippen LogP contribution in [0.1, 0.15) is 10.4 Å². The number of nitrogens with zero attached hydrogens (tertiary/aromatic N) is 2. The highest BCUT2D eigenvalue weighted by atomic mass is 16.3. The lowest BCUT2D eigenvalue weighted by Crippen LogP contribution is -2.17. The summed E-state index contributed by atoms with van der Waals surface area (Å²) >= 11 is 0. The third-order valence-electron chi connectivity index (χ3n) is 2.50. The molecule has 0 saturated carbocycles. The molecule has 0 aliphatic heterocycles. The number of azo groups is 1. The van der Waals surface area contributed by atoms with Crippen molar-refractivity contribution in [2.75, 3.05) is 7.05 Å². The second-order valence-electron chi connectivity index (χ2n) is 3.81. The second kappa shape index (κ2) is 5.77. The molecule has 0 radical (unpaired) electrons. The van der Waals surface area contributed by atoms with Gasteiger partial charge in [0.1, 0.15) is 5.75 Å². The summed E-state index contributed by atoms with van der Waals surface area (Å²) in [4.78, 5) is 11.6. The van der Waals surface area contributed by atoms with Crippen LogP contribution in [0.3, 0.4) is 0 Å². The zero-order chi connectivity index (χ0) is 13.7. The van der Waals surface area contributed by atoms with Crippen molar-refractivity contribution >= 4 is 17.3 Å². The van der Waals surface area contributed by atoms with Gasteiger partial charge in [-0.2, -0.15) is 5.11 Å². The fraction of sp³-hybridized carbons (Fsp3) is 0.0714. The van der Waals surface area contributed by atoms with Gasteiger partial charge in [0.2, 0.25) is 0 Å². The number of hydrogen-bond donors (Lipinski definition) is 2. The molecule has 0 fully saturated rings. The van der Waals surface area contributed by atoms with Crippen molar-refractivity contribution in [3.63, 3.8) is 0 Å². The van der Waals surface area contributed by atoms with Gasteiger partial charge in [0.15, 0.2) is 0 Å². The zero-order valence-corrected chi connectivity index (χ0v) is 10.4. The topological polar surface area (TPSA) is 74.0 Å². The predicted octanol–water partition coefficient (Wildman–Crippen LogP) is 3.17. The molecule has 19 heavy (non-hydrogen) atoms. The Morgan fingerprint density at radius 3 is 2.42 bits per heavy atom. The third-order valence-corrected chi connectivity index (χ3v) is 2.50. The molecule has 0 aliphatic rings. The molecule has 2 aromatic carbocycles. The largest absolute Gasteiger partial charge is 0.508 e. The molecule has 5 nitrogen and oxygen atoms in total. The fourth-order valence-electron chi connectivity index (χ4n) is 1.52. The van der Waals surface area contributed by atoms with Gasteiger partial charge < -0.3 is 10.4 Å². The molecular formula is C14H13N3O2. The fourth-order valence-corrected chi connectivity index (χ4v) is 1.52. The zero-order valence-electron chi connectivity index (χ0n) is 10.4. The van der Waals surface area contributed by atoms with E-state index in [1.54, 1.807) is 43.4 Å². The summed E-state index contributed by atoms with van der Waals surface area (Å²) in [6, 6.07) is 13.3. The Labute approximate surface area is 110 Å². The van der Waals surface area contributed by atoms with Crippen molar-refractivity contribution in [3.05, 3.63) is 54.1 Å². The number of phenolic OH excluding ortho intramolecular Hbond substituents is 1. The monoisotopic (exact) mass is 255 g/mol. The SMILES string of the molecule is CNC(=O)c1ccccc1/N=N/c1ccc(O)cc1.